The monoisotopic (exact) mass is 392 g/mol. The van der Waals surface area contributed by atoms with Gasteiger partial charge < -0.3 is 9.47 Å². The van der Waals surface area contributed by atoms with Crippen LogP contribution in [0.1, 0.15) is 22.3 Å². The Labute approximate surface area is 177 Å². The van der Waals surface area contributed by atoms with Gasteiger partial charge in [0.05, 0.1) is 14.2 Å². The fourth-order valence-electron chi connectivity index (χ4n) is 5.35. The molecule has 0 N–H and O–H groups in total. The van der Waals surface area contributed by atoms with Gasteiger partial charge in [0.25, 0.3) is 0 Å². The standard InChI is InChI=1S/C28H24O2/c1-29-22-13-11-17-3-5-19-7-9-21-10-8-20-6-4-18-12-14-23(30-2)16-25(18)27(20)28(21)26(19)24(17)15-22/h3,5,8,10-16H,4,6-7,9H2,1-2H3. The molecule has 0 aliphatic heterocycles. The Morgan fingerprint density at radius 3 is 1.83 bits per heavy atom. The van der Waals surface area contributed by atoms with Gasteiger partial charge in [0.2, 0.25) is 0 Å². The Balaban J connectivity index is 1.73. The molecule has 0 unspecified atom stereocenters. The normalized spacial score (nSPS) is 13.8. The van der Waals surface area contributed by atoms with Crippen molar-refractivity contribution < 1.29 is 9.47 Å². The lowest BCUT2D eigenvalue weighted by Crippen LogP contribution is -2.11. The topological polar surface area (TPSA) is 18.5 Å². The Morgan fingerprint density at radius 1 is 0.533 bits per heavy atom. The van der Waals surface area contributed by atoms with Crippen molar-refractivity contribution in [3.8, 4) is 33.8 Å². The smallest absolute Gasteiger partial charge is 0.119 e. The van der Waals surface area contributed by atoms with Gasteiger partial charge in [-0.25, -0.2) is 0 Å². The Hall–Kier alpha value is -3.26. The van der Waals surface area contributed by atoms with Crippen LogP contribution in [-0.4, -0.2) is 14.2 Å². The zero-order valence-electron chi connectivity index (χ0n) is 17.4. The maximum absolute atomic E-state index is 5.59. The average Bonchev–Trinajstić information content (AvgIpc) is 2.82. The van der Waals surface area contributed by atoms with Crippen molar-refractivity contribution in [2.75, 3.05) is 14.2 Å². The summed E-state index contributed by atoms with van der Waals surface area (Å²) in [7, 11) is 3.50. The van der Waals surface area contributed by atoms with Crippen molar-refractivity contribution in [2.24, 2.45) is 0 Å². The van der Waals surface area contributed by atoms with Gasteiger partial charge in [-0.1, -0.05) is 36.4 Å². The van der Waals surface area contributed by atoms with Crippen LogP contribution < -0.4 is 9.47 Å². The molecule has 2 heteroatoms. The van der Waals surface area contributed by atoms with Gasteiger partial charge in [0.1, 0.15) is 11.5 Å². The van der Waals surface area contributed by atoms with Crippen LogP contribution in [0.4, 0.5) is 0 Å². The molecule has 0 heterocycles. The van der Waals surface area contributed by atoms with E-state index in [1.165, 1.54) is 55.3 Å². The summed E-state index contributed by atoms with van der Waals surface area (Å²) in [6.45, 7) is 0. The minimum atomic E-state index is 0.912. The van der Waals surface area contributed by atoms with Gasteiger partial charge in [-0.05, 0) is 105 Å². The second kappa shape index (κ2) is 6.63. The first-order valence-corrected chi connectivity index (χ1v) is 10.7. The Kier molecular flexibility index (Phi) is 3.89. The Morgan fingerprint density at radius 2 is 1.07 bits per heavy atom. The van der Waals surface area contributed by atoms with Crippen LogP contribution in [0.5, 0.6) is 11.5 Å². The number of fused-ring (bicyclic) bond motifs is 9. The van der Waals surface area contributed by atoms with E-state index in [0.717, 1.165) is 37.2 Å². The van der Waals surface area contributed by atoms with Gasteiger partial charge in [-0.15, -0.1) is 0 Å². The number of methoxy groups -OCH3 is 2. The summed E-state index contributed by atoms with van der Waals surface area (Å²) in [6.07, 6.45) is 4.34. The summed E-state index contributed by atoms with van der Waals surface area (Å²) in [5.41, 5.74) is 11.3. The molecule has 0 fully saturated rings. The highest BCUT2D eigenvalue weighted by Gasteiger charge is 2.27. The first kappa shape index (κ1) is 17.6. The largest absolute Gasteiger partial charge is 0.497 e. The van der Waals surface area contributed by atoms with Gasteiger partial charge in [0.15, 0.2) is 0 Å². The molecule has 30 heavy (non-hydrogen) atoms. The molecule has 0 aromatic heterocycles. The summed E-state index contributed by atoms with van der Waals surface area (Å²) in [5, 5.41) is 2.55. The van der Waals surface area contributed by atoms with Crippen LogP contribution in [0.3, 0.4) is 0 Å². The third-order valence-electron chi connectivity index (χ3n) is 6.86. The SMILES string of the molecule is COc1ccc2c(c1)-c1c(ccc3c1-c1c(ccc4ccc(OC)cc14)CC3)CC2. The molecule has 0 saturated carbocycles. The molecule has 148 valence electrons. The molecule has 0 atom stereocenters. The second-order valence-electron chi connectivity index (χ2n) is 8.34. The quantitative estimate of drug-likeness (QED) is 0.394. The van der Waals surface area contributed by atoms with Crippen LogP contribution in [-0.2, 0) is 25.7 Å². The number of hydrogen-bond acceptors (Lipinski definition) is 2. The molecule has 4 aromatic carbocycles. The van der Waals surface area contributed by atoms with E-state index >= 15 is 0 Å². The van der Waals surface area contributed by atoms with Crippen molar-refractivity contribution in [1.82, 2.24) is 0 Å². The van der Waals surface area contributed by atoms with E-state index in [-0.39, 0.29) is 0 Å². The van der Waals surface area contributed by atoms with Crippen LogP contribution >= 0.6 is 0 Å². The minimum absolute atomic E-state index is 0.912. The summed E-state index contributed by atoms with van der Waals surface area (Å²) >= 11 is 0. The van der Waals surface area contributed by atoms with Crippen molar-refractivity contribution in [1.29, 1.82) is 0 Å². The van der Waals surface area contributed by atoms with E-state index < -0.39 is 0 Å². The average molecular weight is 392 g/mol. The fourth-order valence-corrected chi connectivity index (χ4v) is 5.35. The summed E-state index contributed by atoms with van der Waals surface area (Å²) in [4.78, 5) is 0. The number of hydrogen-bond donors (Lipinski definition) is 0. The molecule has 0 saturated heterocycles. The first-order valence-electron chi connectivity index (χ1n) is 10.7. The first-order chi connectivity index (χ1) is 14.8. The summed E-state index contributed by atoms with van der Waals surface area (Å²) < 4.78 is 11.2. The number of rotatable bonds is 2. The molecular weight excluding hydrogens is 368 g/mol. The van der Waals surface area contributed by atoms with E-state index in [9.17, 15) is 0 Å². The van der Waals surface area contributed by atoms with E-state index in [2.05, 4.69) is 60.7 Å². The Bertz CT molecular complexity index is 1310. The molecule has 0 bridgehead atoms. The lowest BCUT2D eigenvalue weighted by molar-refractivity contribution is 0.415. The molecule has 2 nitrogen and oxygen atoms in total. The molecule has 2 aliphatic carbocycles. The van der Waals surface area contributed by atoms with Crippen molar-refractivity contribution in [2.45, 2.75) is 25.7 Å². The maximum Gasteiger partial charge on any atom is 0.119 e. The van der Waals surface area contributed by atoms with E-state index in [1.54, 1.807) is 14.2 Å². The van der Waals surface area contributed by atoms with E-state index in [4.69, 9.17) is 9.47 Å². The highest BCUT2D eigenvalue weighted by molar-refractivity contribution is 6.05. The summed E-state index contributed by atoms with van der Waals surface area (Å²) in [6, 6.07) is 22.3. The highest BCUT2D eigenvalue weighted by atomic mass is 16.5. The predicted molar refractivity (Wildman–Crippen MR) is 123 cm³/mol. The predicted octanol–water partition coefficient (Wildman–Crippen LogP) is 6.39. The molecule has 4 aromatic rings. The van der Waals surface area contributed by atoms with Gasteiger partial charge in [-0.3, -0.25) is 0 Å². The molecule has 2 aliphatic rings. The lowest BCUT2D eigenvalue weighted by Gasteiger charge is -2.30. The molecular formula is C28H24O2. The third-order valence-corrected chi connectivity index (χ3v) is 6.86. The van der Waals surface area contributed by atoms with Crippen LogP contribution in [0, 0.1) is 0 Å². The zero-order chi connectivity index (χ0) is 20.2. The fraction of sp³-hybridized carbons (Fsp3) is 0.214. The second-order valence-corrected chi connectivity index (χ2v) is 8.34. The van der Waals surface area contributed by atoms with Crippen molar-refractivity contribution in [3.63, 3.8) is 0 Å². The van der Waals surface area contributed by atoms with Gasteiger partial charge in [0, 0.05) is 0 Å². The number of benzene rings is 4. The van der Waals surface area contributed by atoms with Crippen molar-refractivity contribution in [3.05, 3.63) is 82.9 Å². The minimum Gasteiger partial charge on any atom is -0.497 e. The van der Waals surface area contributed by atoms with Crippen LogP contribution in [0.2, 0.25) is 0 Å². The van der Waals surface area contributed by atoms with Crippen molar-refractivity contribution >= 4 is 10.8 Å². The van der Waals surface area contributed by atoms with E-state index in [0.29, 0.717) is 0 Å². The van der Waals surface area contributed by atoms with E-state index in [1.807, 2.05) is 0 Å². The summed E-state index contributed by atoms with van der Waals surface area (Å²) in [5.74, 6) is 1.84. The zero-order valence-corrected chi connectivity index (χ0v) is 17.4. The molecule has 0 spiro atoms. The van der Waals surface area contributed by atoms with Gasteiger partial charge in [-0.2, -0.15) is 0 Å². The number of ether oxygens (including phenoxy) is 2. The van der Waals surface area contributed by atoms with Gasteiger partial charge >= 0.3 is 0 Å². The maximum atomic E-state index is 5.59. The molecule has 0 amide bonds. The highest BCUT2D eigenvalue weighted by Crippen LogP contribution is 2.49. The lowest BCUT2D eigenvalue weighted by atomic mass is 9.74. The van der Waals surface area contributed by atoms with Crippen LogP contribution in [0.15, 0.2) is 60.7 Å². The third kappa shape index (κ3) is 2.50. The van der Waals surface area contributed by atoms with Crippen LogP contribution in [0.25, 0.3) is 33.0 Å². The number of aryl methyl sites for hydroxylation is 4. The molecule has 6 rings (SSSR count). The molecule has 0 radical (unpaired) electrons.